The minimum absolute atomic E-state index is 1.20. The largest absolute Gasteiger partial charge is 0.354 e. The van der Waals surface area contributed by atoms with E-state index in [4.69, 9.17) is 0 Å². The van der Waals surface area contributed by atoms with Gasteiger partial charge in [-0.25, -0.2) is 0 Å². The van der Waals surface area contributed by atoms with Crippen LogP contribution >= 0.6 is 0 Å². The number of nitrogens with one attached hydrogen (secondary N) is 1. The number of aryl methyl sites for hydroxylation is 2. The van der Waals surface area contributed by atoms with Crippen molar-refractivity contribution >= 4 is 21.8 Å². The average molecular weight is 271 g/mol. The zero-order valence-corrected chi connectivity index (χ0v) is 12.3. The molecule has 102 valence electrons. The Kier molecular flexibility index (Phi) is 2.61. The molecule has 1 N–H and O–H groups in total. The Morgan fingerprint density at radius 3 is 2.43 bits per heavy atom. The molecule has 0 aliphatic carbocycles. The van der Waals surface area contributed by atoms with Gasteiger partial charge in [0.15, 0.2) is 0 Å². The van der Waals surface area contributed by atoms with Gasteiger partial charge in [0.2, 0.25) is 0 Å². The van der Waals surface area contributed by atoms with Crippen molar-refractivity contribution in [3.63, 3.8) is 0 Å². The molecule has 0 bridgehead atoms. The van der Waals surface area contributed by atoms with Crippen LogP contribution in [0, 0.1) is 13.8 Å². The fourth-order valence-corrected chi connectivity index (χ4v) is 3.12. The molecule has 0 radical (unpaired) electrons. The number of H-pyrrole nitrogens is 1. The van der Waals surface area contributed by atoms with Crippen LogP contribution in [0.25, 0.3) is 32.9 Å². The highest BCUT2D eigenvalue weighted by Crippen LogP contribution is 2.34. The van der Waals surface area contributed by atoms with E-state index in [0.29, 0.717) is 0 Å². The Hall–Kier alpha value is -2.54. The molecule has 1 heteroatoms. The fraction of sp³-hybridized carbons (Fsp3) is 0.100. The average Bonchev–Trinajstić information content (AvgIpc) is 2.88. The normalized spacial score (nSPS) is 11.3. The summed E-state index contributed by atoms with van der Waals surface area (Å²) < 4.78 is 0. The summed E-state index contributed by atoms with van der Waals surface area (Å²) in [5, 5.41) is 2.59. The molecule has 4 rings (SSSR count). The van der Waals surface area contributed by atoms with Gasteiger partial charge in [-0.3, -0.25) is 0 Å². The molecule has 1 aromatic heterocycles. The van der Waals surface area contributed by atoms with Crippen LogP contribution in [-0.4, -0.2) is 4.98 Å². The number of benzene rings is 3. The number of aromatic nitrogens is 1. The lowest BCUT2D eigenvalue weighted by Crippen LogP contribution is -1.86. The third kappa shape index (κ3) is 1.85. The molecule has 1 heterocycles. The molecule has 0 aliphatic rings. The molecule has 0 fully saturated rings. The third-order valence-electron chi connectivity index (χ3n) is 4.22. The molecule has 0 unspecified atom stereocenters. The monoisotopic (exact) mass is 271 g/mol. The molecule has 21 heavy (non-hydrogen) atoms. The van der Waals surface area contributed by atoms with Crippen LogP contribution in [0.2, 0.25) is 0 Å². The van der Waals surface area contributed by atoms with Crippen molar-refractivity contribution < 1.29 is 0 Å². The first-order chi connectivity index (χ1) is 10.2. The van der Waals surface area contributed by atoms with Gasteiger partial charge in [0.1, 0.15) is 0 Å². The van der Waals surface area contributed by atoms with Crippen molar-refractivity contribution in [3.05, 3.63) is 71.8 Å². The molecule has 0 aliphatic heterocycles. The molecule has 1 nitrogen and oxygen atoms in total. The first-order valence-corrected chi connectivity index (χ1v) is 7.31. The highest BCUT2D eigenvalue weighted by atomic mass is 14.7. The van der Waals surface area contributed by atoms with E-state index >= 15 is 0 Å². The number of hydrogen-bond acceptors (Lipinski definition) is 0. The summed E-state index contributed by atoms with van der Waals surface area (Å²) in [7, 11) is 0. The molecule has 0 saturated carbocycles. The van der Waals surface area contributed by atoms with Crippen molar-refractivity contribution in [1.29, 1.82) is 0 Å². The Balaban J connectivity index is 2.12. The summed E-state index contributed by atoms with van der Waals surface area (Å²) in [6, 6.07) is 21.7. The van der Waals surface area contributed by atoms with Crippen LogP contribution < -0.4 is 0 Å². The van der Waals surface area contributed by atoms with Crippen LogP contribution in [0.15, 0.2) is 60.7 Å². The van der Waals surface area contributed by atoms with E-state index in [-0.39, 0.29) is 0 Å². The molecule has 0 amide bonds. The fourth-order valence-electron chi connectivity index (χ4n) is 3.12. The van der Waals surface area contributed by atoms with Crippen molar-refractivity contribution in [2.45, 2.75) is 13.8 Å². The summed E-state index contributed by atoms with van der Waals surface area (Å²) in [4.78, 5) is 3.59. The van der Waals surface area contributed by atoms with Crippen LogP contribution in [0.4, 0.5) is 0 Å². The molecular formula is C20H17N. The number of aromatic amines is 1. The maximum Gasteiger partial charge on any atom is 0.0544 e. The maximum absolute atomic E-state index is 3.59. The van der Waals surface area contributed by atoms with Gasteiger partial charge in [-0.15, -0.1) is 0 Å². The van der Waals surface area contributed by atoms with E-state index in [9.17, 15) is 0 Å². The zero-order chi connectivity index (χ0) is 14.4. The zero-order valence-electron chi connectivity index (χ0n) is 12.3. The second-order valence-electron chi connectivity index (χ2n) is 5.72. The van der Waals surface area contributed by atoms with Crippen molar-refractivity contribution in [3.8, 4) is 11.1 Å². The van der Waals surface area contributed by atoms with E-state index in [1.165, 1.54) is 44.1 Å². The van der Waals surface area contributed by atoms with Crippen LogP contribution in [0.1, 0.15) is 11.1 Å². The van der Waals surface area contributed by atoms with Gasteiger partial charge in [-0.2, -0.15) is 0 Å². The summed E-state index contributed by atoms with van der Waals surface area (Å²) >= 11 is 0. The Bertz CT molecular complexity index is 960. The second kappa shape index (κ2) is 4.49. The predicted molar refractivity (Wildman–Crippen MR) is 90.7 cm³/mol. The van der Waals surface area contributed by atoms with E-state index in [1.807, 2.05) is 0 Å². The number of fused-ring (bicyclic) bond motifs is 3. The van der Waals surface area contributed by atoms with E-state index < -0.39 is 0 Å². The van der Waals surface area contributed by atoms with Gasteiger partial charge in [0.25, 0.3) is 0 Å². The number of hydrogen-bond donors (Lipinski definition) is 1. The lowest BCUT2D eigenvalue weighted by atomic mass is 9.96. The SMILES string of the molecule is Cc1ccc(C)c(-c2cccc3c2[nH]c2ccccc23)c1. The maximum atomic E-state index is 3.59. The molecule has 0 saturated heterocycles. The van der Waals surface area contributed by atoms with Crippen LogP contribution in [0.3, 0.4) is 0 Å². The Morgan fingerprint density at radius 2 is 1.52 bits per heavy atom. The van der Waals surface area contributed by atoms with Gasteiger partial charge >= 0.3 is 0 Å². The van der Waals surface area contributed by atoms with E-state index in [2.05, 4.69) is 79.5 Å². The van der Waals surface area contributed by atoms with Gasteiger partial charge in [-0.1, -0.05) is 60.2 Å². The first kappa shape index (κ1) is 12.2. The van der Waals surface area contributed by atoms with Gasteiger partial charge in [0.05, 0.1) is 5.52 Å². The molecule has 3 aromatic carbocycles. The standard InChI is InChI=1S/C20H17N/c1-13-10-11-14(2)18(12-13)17-8-5-7-16-15-6-3-4-9-19(15)21-20(16)17/h3-12,21H,1-2H3. The molecular weight excluding hydrogens is 254 g/mol. The summed E-state index contributed by atoms with van der Waals surface area (Å²) in [5.74, 6) is 0. The first-order valence-electron chi connectivity index (χ1n) is 7.31. The van der Waals surface area contributed by atoms with Crippen molar-refractivity contribution in [2.24, 2.45) is 0 Å². The second-order valence-corrected chi connectivity index (χ2v) is 5.72. The summed E-state index contributed by atoms with van der Waals surface area (Å²) in [6.07, 6.45) is 0. The number of para-hydroxylation sites is 2. The molecule has 0 spiro atoms. The van der Waals surface area contributed by atoms with Gasteiger partial charge in [0, 0.05) is 21.9 Å². The summed E-state index contributed by atoms with van der Waals surface area (Å²) in [5.41, 5.74) is 7.63. The Morgan fingerprint density at radius 1 is 0.714 bits per heavy atom. The van der Waals surface area contributed by atoms with Crippen molar-refractivity contribution in [1.82, 2.24) is 4.98 Å². The highest BCUT2D eigenvalue weighted by Gasteiger charge is 2.10. The molecule has 0 atom stereocenters. The van der Waals surface area contributed by atoms with Gasteiger partial charge in [-0.05, 0) is 31.0 Å². The topological polar surface area (TPSA) is 15.8 Å². The van der Waals surface area contributed by atoms with E-state index in [1.54, 1.807) is 0 Å². The Labute approximate surface area is 124 Å². The van der Waals surface area contributed by atoms with E-state index in [0.717, 1.165) is 0 Å². The molecule has 4 aromatic rings. The van der Waals surface area contributed by atoms with Gasteiger partial charge < -0.3 is 4.98 Å². The highest BCUT2D eigenvalue weighted by molar-refractivity contribution is 6.11. The number of rotatable bonds is 1. The minimum atomic E-state index is 1.20. The lowest BCUT2D eigenvalue weighted by molar-refractivity contribution is 1.39. The lowest BCUT2D eigenvalue weighted by Gasteiger charge is -2.08. The third-order valence-corrected chi connectivity index (χ3v) is 4.22. The van der Waals surface area contributed by atoms with Crippen LogP contribution in [0.5, 0.6) is 0 Å². The quantitative estimate of drug-likeness (QED) is 0.463. The summed E-state index contributed by atoms with van der Waals surface area (Å²) in [6.45, 7) is 4.32. The minimum Gasteiger partial charge on any atom is -0.354 e. The van der Waals surface area contributed by atoms with Crippen molar-refractivity contribution in [2.75, 3.05) is 0 Å². The smallest absolute Gasteiger partial charge is 0.0544 e. The predicted octanol–water partition coefficient (Wildman–Crippen LogP) is 5.60. The van der Waals surface area contributed by atoms with Crippen LogP contribution in [-0.2, 0) is 0 Å².